The van der Waals surface area contributed by atoms with Crippen molar-refractivity contribution >= 4 is 21.9 Å². The minimum atomic E-state index is -3.54. The molecule has 1 amide bonds. The number of nitrogens with one attached hydrogen (secondary N) is 1. The molecule has 1 saturated heterocycles. The van der Waals surface area contributed by atoms with E-state index in [1.807, 2.05) is 0 Å². The maximum Gasteiger partial charge on any atom is 0.338 e. The first-order valence-electron chi connectivity index (χ1n) is 10.9. The van der Waals surface area contributed by atoms with E-state index < -0.39 is 16.0 Å². The van der Waals surface area contributed by atoms with Crippen molar-refractivity contribution in [1.29, 1.82) is 0 Å². The van der Waals surface area contributed by atoms with E-state index >= 15 is 0 Å². The second kappa shape index (κ2) is 9.92. The molecule has 0 spiro atoms. The number of benzene rings is 1. The van der Waals surface area contributed by atoms with E-state index in [4.69, 9.17) is 4.74 Å². The minimum absolute atomic E-state index is 0.110. The minimum Gasteiger partial charge on any atom is -0.452 e. The average molecular weight is 437 g/mol. The van der Waals surface area contributed by atoms with Gasteiger partial charge in [-0.05, 0) is 55.4 Å². The quantitative estimate of drug-likeness (QED) is 0.692. The number of hydrogen-bond donors (Lipinski definition) is 1. The molecule has 30 heavy (non-hydrogen) atoms. The lowest BCUT2D eigenvalue weighted by Crippen LogP contribution is -2.45. The van der Waals surface area contributed by atoms with E-state index in [1.165, 1.54) is 35.0 Å². The first-order chi connectivity index (χ1) is 14.3. The Morgan fingerprint density at radius 2 is 1.70 bits per heavy atom. The van der Waals surface area contributed by atoms with E-state index in [0.29, 0.717) is 24.9 Å². The average Bonchev–Trinajstić information content (AvgIpc) is 2.76. The highest BCUT2D eigenvalue weighted by atomic mass is 32.2. The van der Waals surface area contributed by atoms with Crippen LogP contribution in [0.2, 0.25) is 0 Å². The fourth-order valence-corrected chi connectivity index (χ4v) is 5.78. The summed E-state index contributed by atoms with van der Waals surface area (Å²) in [5, 5.41) is 2.97. The van der Waals surface area contributed by atoms with Gasteiger partial charge in [0, 0.05) is 19.1 Å². The van der Waals surface area contributed by atoms with Crippen LogP contribution >= 0.6 is 0 Å². The molecule has 1 aliphatic carbocycles. The number of piperidine rings is 1. The van der Waals surface area contributed by atoms with Gasteiger partial charge in [0.15, 0.2) is 6.61 Å². The Hall–Kier alpha value is -1.93. The van der Waals surface area contributed by atoms with Crippen molar-refractivity contribution in [3.05, 3.63) is 29.8 Å². The van der Waals surface area contributed by atoms with Crippen LogP contribution in [0.1, 0.15) is 62.7 Å². The molecule has 1 heterocycles. The molecule has 3 atom stereocenters. The van der Waals surface area contributed by atoms with E-state index in [0.717, 1.165) is 32.1 Å². The van der Waals surface area contributed by atoms with Gasteiger partial charge in [-0.3, -0.25) is 4.79 Å². The lowest BCUT2D eigenvalue weighted by atomic mass is 9.78. The molecule has 0 bridgehead atoms. The number of esters is 1. The molecule has 1 aromatic carbocycles. The molecule has 1 aromatic rings. The summed E-state index contributed by atoms with van der Waals surface area (Å²) < 4.78 is 32.0. The number of amides is 1. The Labute approximate surface area is 179 Å². The zero-order valence-electron chi connectivity index (χ0n) is 17.8. The summed E-state index contributed by atoms with van der Waals surface area (Å²) in [5.41, 5.74) is 0.222. The van der Waals surface area contributed by atoms with Gasteiger partial charge in [0.25, 0.3) is 5.91 Å². The van der Waals surface area contributed by atoms with Crippen LogP contribution in [0.4, 0.5) is 0 Å². The van der Waals surface area contributed by atoms with Gasteiger partial charge >= 0.3 is 5.97 Å². The molecule has 3 rings (SSSR count). The lowest BCUT2D eigenvalue weighted by Gasteiger charge is -2.34. The maximum atomic E-state index is 12.7. The van der Waals surface area contributed by atoms with Gasteiger partial charge in [0.05, 0.1) is 10.5 Å². The molecule has 1 saturated carbocycles. The fourth-order valence-electron chi connectivity index (χ4n) is 4.27. The van der Waals surface area contributed by atoms with E-state index in [1.54, 1.807) is 0 Å². The molecule has 0 radical (unpaired) electrons. The van der Waals surface area contributed by atoms with Crippen LogP contribution in [0.5, 0.6) is 0 Å². The smallest absolute Gasteiger partial charge is 0.338 e. The number of carbonyl (C=O) groups is 2. The van der Waals surface area contributed by atoms with Crippen molar-refractivity contribution < 1.29 is 22.7 Å². The van der Waals surface area contributed by atoms with E-state index in [9.17, 15) is 18.0 Å². The number of rotatable bonds is 6. The predicted octanol–water partition coefficient (Wildman–Crippen LogP) is 2.96. The molecule has 0 unspecified atom stereocenters. The van der Waals surface area contributed by atoms with Crippen LogP contribution in [0.25, 0.3) is 0 Å². The van der Waals surface area contributed by atoms with Gasteiger partial charge in [-0.25, -0.2) is 13.2 Å². The zero-order chi connectivity index (χ0) is 21.7. The Balaban J connectivity index is 1.52. The molecular formula is C22H32N2O5S. The largest absolute Gasteiger partial charge is 0.452 e. The summed E-state index contributed by atoms with van der Waals surface area (Å²) >= 11 is 0. The maximum absolute atomic E-state index is 12.7. The second-order valence-electron chi connectivity index (χ2n) is 8.51. The van der Waals surface area contributed by atoms with Gasteiger partial charge in [-0.2, -0.15) is 4.31 Å². The van der Waals surface area contributed by atoms with Crippen molar-refractivity contribution in [2.45, 2.75) is 63.3 Å². The third-order valence-corrected chi connectivity index (χ3v) is 8.34. The highest BCUT2D eigenvalue weighted by Crippen LogP contribution is 2.29. The third kappa shape index (κ3) is 5.40. The SMILES string of the molecule is C[C@H]1[C@H](C)CCC[C@H]1NC(=O)COC(=O)c1ccc(S(=O)(=O)N2CCCCC2)cc1. The van der Waals surface area contributed by atoms with Crippen molar-refractivity contribution in [1.82, 2.24) is 9.62 Å². The molecule has 1 aliphatic heterocycles. The first kappa shape index (κ1) is 22.7. The van der Waals surface area contributed by atoms with Crippen molar-refractivity contribution in [3.8, 4) is 0 Å². The van der Waals surface area contributed by atoms with Gasteiger partial charge < -0.3 is 10.1 Å². The van der Waals surface area contributed by atoms with E-state index in [-0.39, 0.29) is 29.0 Å². The summed E-state index contributed by atoms with van der Waals surface area (Å²) in [6.07, 6.45) is 5.98. The van der Waals surface area contributed by atoms with Crippen molar-refractivity contribution in [2.75, 3.05) is 19.7 Å². The molecule has 8 heteroatoms. The number of sulfonamides is 1. The topological polar surface area (TPSA) is 92.8 Å². The summed E-state index contributed by atoms with van der Waals surface area (Å²) in [7, 11) is -3.54. The van der Waals surface area contributed by atoms with Crippen LogP contribution in [0.3, 0.4) is 0 Å². The summed E-state index contributed by atoms with van der Waals surface area (Å²) in [5.74, 6) is 0.00913. The summed E-state index contributed by atoms with van der Waals surface area (Å²) in [4.78, 5) is 24.6. The van der Waals surface area contributed by atoms with Gasteiger partial charge in [0.1, 0.15) is 0 Å². The lowest BCUT2D eigenvalue weighted by molar-refractivity contribution is -0.125. The Morgan fingerprint density at radius 1 is 1.03 bits per heavy atom. The van der Waals surface area contributed by atoms with Gasteiger partial charge in [-0.15, -0.1) is 0 Å². The van der Waals surface area contributed by atoms with Crippen LogP contribution < -0.4 is 5.32 Å². The van der Waals surface area contributed by atoms with Crippen molar-refractivity contribution in [3.63, 3.8) is 0 Å². The molecule has 2 fully saturated rings. The number of carbonyl (C=O) groups excluding carboxylic acids is 2. The van der Waals surface area contributed by atoms with Crippen LogP contribution in [-0.2, 0) is 19.6 Å². The van der Waals surface area contributed by atoms with Crippen LogP contribution in [-0.4, -0.2) is 50.3 Å². The number of hydrogen-bond acceptors (Lipinski definition) is 5. The highest BCUT2D eigenvalue weighted by Gasteiger charge is 2.29. The monoisotopic (exact) mass is 436 g/mol. The second-order valence-corrected chi connectivity index (χ2v) is 10.4. The molecule has 0 aromatic heterocycles. The fraction of sp³-hybridized carbons (Fsp3) is 0.636. The predicted molar refractivity (Wildman–Crippen MR) is 113 cm³/mol. The summed E-state index contributed by atoms with van der Waals surface area (Å²) in [6, 6.07) is 5.82. The Morgan fingerprint density at radius 3 is 2.37 bits per heavy atom. The third-order valence-electron chi connectivity index (χ3n) is 6.43. The summed E-state index contributed by atoms with van der Waals surface area (Å²) in [6.45, 7) is 5.04. The van der Waals surface area contributed by atoms with Gasteiger partial charge in [0.2, 0.25) is 10.0 Å². The van der Waals surface area contributed by atoms with Crippen molar-refractivity contribution in [2.24, 2.45) is 11.8 Å². The standard InChI is InChI=1S/C22H32N2O5S/c1-16-7-6-8-20(17(16)2)23-21(25)15-29-22(26)18-9-11-19(12-10-18)30(27,28)24-13-4-3-5-14-24/h9-12,16-17,20H,3-8,13-15H2,1-2H3,(H,23,25)/t16-,17+,20-/m1/s1. The van der Waals surface area contributed by atoms with Crippen LogP contribution in [0, 0.1) is 11.8 Å². The number of nitrogens with zero attached hydrogens (tertiary/aromatic N) is 1. The molecule has 7 nitrogen and oxygen atoms in total. The Kier molecular flexibility index (Phi) is 7.52. The highest BCUT2D eigenvalue weighted by molar-refractivity contribution is 7.89. The molecular weight excluding hydrogens is 404 g/mol. The first-order valence-corrected chi connectivity index (χ1v) is 12.3. The zero-order valence-corrected chi connectivity index (χ0v) is 18.6. The van der Waals surface area contributed by atoms with Gasteiger partial charge in [-0.1, -0.05) is 33.1 Å². The number of ether oxygens (including phenoxy) is 1. The van der Waals surface area contributed by atoms with E-state index in [2.05, 4.69) is 19.2 Å². The normalized spacial score (nSPS) is 25.5. The Bertz CT molecular complexity index is 847. The molecule has 1 N–H and O–H groups in total. The molecule has 166 valence electrons. The van der Waals surface area contributed by atoms with Crippen LogP contribution in [0.15, 0.2) is 29.2 Å². The molecule has 2 aliphatic rings.